The molecule has 0 N–H and O–H groups in total. The van der Waals surface area contributed by atoms with Gasteiger partial charge in [-0.25, -0.2) is 0 Å². The van der Waals surface area contributed by atoms with Gasteiger partial charge in [-0.2, -0.15) is 0 Å². The van der Waals surface area contributed by atoms with E-state index in [9.17, 15) is 0 Å². The average molecular weight is 1420 g/mol. The van der Waals surface area contributed by atoms with Crippen LogP contribution < -0.4 is 26.0 Å². The lowest BCUT2D eigenvalue weighted by Gasteiger charge is -2.42. The lowest BCUT2D eigenvalue weighted by atomic mass is 9.34. The first-order chi connectivity index (χ1) is 52.7. The van der Waals surface area contributed by atoms with Gasteiger partial charge in [0.2, 0.25) is 0 Å². The van der Waals surface area contributed by atoms with Gasteiger partial charge in [0.25, 0.3) is 6.71 Å². The molecule has 1 aliphatic carbocycles. The highest BCUT2D eigenvalue weighted by atomic mass is 16.5. The molecule has 2 aliphatic heterocycles. The van der Waals surface area contributed by atoms with Gasteiger partial charge in [0.1, 0.15) is 11.5 Å². The maximum absolute atomic E-state index is 8.07. The van der Waals surface area contributed by atoms with Gasteiger partial charge < -0.3 is 18.8 Å². The number of aromatic nitrogens is 2. The van der Waals surface area contributed by atoms with Crippen molar-refractivity contribution in [3.63, 3.8) is 0 Å². The maximum atomic E-state index is 8.07. The minimum atomic E-state index is -0.707. The summed E-state index contributed by atoms with van der Waals surface area (Å²) in [5, 5.41) is 5.01. The fourth-order valence-corrected chi connectivity index (χ4v) is 18.6. The monoisotopic (exact) mass is 1420 g/mol. The SMILES string of the molecule is CC(C)(C)c1cc(-c2ccccc2)c(N2c3cc(-n4c5ccc(C(C)(C)C)cc5c5cc(C(C)(C)C)ccc54)ccc3B3c4ccc(-n5c6ccc(C(C)(C)C)cc6c6cc(C(C)(C)C)ccc65)cc4Oc4cc(-c5cccc6c5C(c5ccccc5)(c5ccccc5)c5ccccc5-6)cc2c43)c(-c2ccccc2)c1. The summed E-state index contributed by atoms with van der Waals surface area (Å²) in [5.74, 6) is 1.67. The first-order valence-electron chi connectivity index (χ1n) is 39.5. The van der Waals surface area contributed by atoms with Gasteiger partial charge in [-0.3, -0.25) is 0 Å². The van der Waals surface area contributed by atoms with Crippen molar-refractivity contribution in [2.75, 3.05) is 4.90 Å². The second kappa shape index (κ2) is 24.7. The molecular formula is C105H94BN3O. The van der Waals surface area contributed by atoms with E-state index in [-0.39, 0.29) is 33.8 Å². The number of nitrogens with zero attached hydrogens (tertiary/aromatic N) is 3. The molecule has 16 aromatic rings. The second-order valence-electron chi connectivity index (χ2n) is 36.5. The fraction of sp³-hybridized carbons (Fsp3) is 0.200. The van der Waals surface area contributed by atoms with E-state index in [1.807, 2.05) is 0 Å². The molecule has 538 valence electrons. The Hall–Kier alpha value is -11.7. The van der Waals surface area contributed by atoms with Crippen molar-refractivity contribution in [2.45, 2.75) is 136 Å². The maximum Gasteiger partial charge on any atom is 0.256 e. The van der Waals surface area contributed by atoms with E-state index in [0.29, 0.717) is 0 Å². The quantitative estimate of drug-likeness (QED) is 0.142. The smallest absolute Gasteiger partial charge is 0.256 e. The second-order valence-corrected chi connectivity index (χ2v) is 36.5. The molecule has 0 saturated carbocycles. The van der Waals surface area contributed by atoms with Gasteiger partial charge in [-0.05, 0) is 218 Å². The molecule has 19 rings (SSSR count). The Bertz CT molecular complexity index is 6190. The Labute approximate surface area is 649 Å². The van der Waals surface area contributed by atoms with E-state index in [0.717, 1.165) is 84.2 Å². The molecule has 5 heteroatoms. The van der Waals surface area contributed by atoms with Crippen LogP contribution in [0, 0.1) is 0 Å². The molecule has 0 atom stereocenters. The van der Waals surface area contributed by atoms with Crippen molar-refractivity contribution in [3.05, 3.63) is 347 Å². The Morgan fingerprint density at radius 2 is 0.700 bits per heavy atom. The first-order valence-corrected chi connectivity index (χ1v) is 39.5. The van der Waals surface area contributed by atoms with Crippen molar-refractivity contribution in [3.8, 4) is 67.4 Å². The Morgan fingerprint density at radius 3 is 1.16 bits per heavy atom. The predicted octanol–water partition coefficient (Wildman–Crippen LogP) is 26.1. The van der Waals surface area contributed by atoms with E-state index >= 15 is 0 Å². The Balaban J connectivity index is 0.957. The molecule has 0 unspecified atom stereocenters. The molecule has 4 nitrogen and oxygen atoms in total. The minimum absolute atomic E-state index is 0.0477. The van der Waals surface area contributed by atoms with Gasteiger partial charge in [-0.1, -0.05) is 304 Å². The topological polar surface area (TPSA) is 22.3 Å². The van der Waals surface area contributed by atoms with E-state index in [4.69, 9.17) is 4.74 Å². The highest BCUT2D eigenvalue weighted by Gasteiger charge is 2.49. The zero-order chi connectivity index (χ0) is 75.9. The summed E-state index contributed by atoms with van der Waals surface area (Å²) >= 11 is 0. The lowest BCUT2D eigenvalue weighted by Crippen LogP contribution is -2.59. The number of ether oxygens (including phenoxy) is 1. The van der Waals surface area contributed by atoms with E-state index in [2.05, 4.69) is 415 Å². The van der Waals surface area contributed by atoms with Gasteiger partial charge in [-0.15, -0.1) is 0 Å². The summed E-state index contributed by atoms with van der Waals surface area (Å²) in [7, 11) is 0. The average Bonchev–Trinajstić information content (AvgIpc) is 1.46. The third kappa shape index (κ3) is 10.8. The van der Waals surface area contributed by atoms with Gasteiger partial charge in [0.15, 0.2) is 0 Å². The van der Waals surface area contributed by atoms with Crippen LogP contribution >= 0.6 is 0 Å². The zero-order valence-corrected chi connectivity index (χ0v) is 66.1. The molecule has 14 aromatic carbocycles. The Kier molecular flexibility index (Phi) is 15.4. The van der Waals surface area contributed by atoms with Crippen LogP contribution in [0.3, 0.4) is 0 Å². The molecule has 0 spiro atoms. The molecule has 0 amide bonds. The third-order valence-corrected chi connectivity index (χ3v) is 24.4. The number of rotatable bonds is 8. The van der Waals surface area contributed by atoms with Crippen LogP contribution in [0.5, 0.6) is 11.5 Å². The summed E-state index contributed by atoms with van der Waals surface area (Å²) in [5.41, 5.74) is 33.1. The minimum Gasteiger partial charge on any atom is -0.458 e. The number of benzene rings is 14. The van der Waals surface area contributed by atoms with Crippen LogP contribution in [0.2, 0.25) is 0 Å². The summed E-state index contributed by atoms with van der Waals surface area (Å²) in [4.78, 5) is 2.69. The van der Waals surface area contributed by atoms with Gasteiger partial charge >= 0.3 is 0 Å². The van der Waals surface area contributed by atoms with Crippen molar-refractivity contribution < 1.29 is 4.74 Å². The van der Waals surface area contributed by atoms with Crippen LogP contribution in [0.4, 0.5) is 17.1 Å². The molecule has 0 radical (unpaired) electrons. The van der Waals surface area contributed by atoms with Crippen molar-refractivity contribution >= 4 is 83.8 Å². The largest absolute Gasteiger partial charge is 0.458 e. The van der Waals surface area contributed by atoms with Crippen LogP contribution in [0.1, 0.15) is 154 Å². The van der Waals surface area contributed by atoms with Crippen molar-refractivity contribution in [2.24, 2.45) is 0 Å². The van der Waals surface area contributed by atoms with E-state index in [1.165, 1.54) is 110 Å². The van der Waals surface area contributed by atoms with Crippen molar-refractivity contribution in [1.82, 2.24) is 9.13 Å². The van der Waals surface area contributed by atoms with Crippen LogP contribution in [0.15, 0.2) is 297 Å². The number of hydrogen-bond donors (Lipinski definition) is 0. The molecule has 0 saturated heterocycles. The van der Waals surface area contributed by atoms with E-state index < -0.39 is 5.41 Å². The number of hydrogen-bond acceptors (Lipinski definition) is 2. The molecule has 3 aliphatic rings. The summed E-state index contributed by atoms with van der Waals surface area (Å²) in [6, 6.07) is 114. The standard InChI is InChI=1S/C105H94BN3O/c1-100(2,3)70-43-51-89-82(57-70)83-58-71(101(4,5)6)44-52-90(83)107(89)75-47-49-87-93(63-75)109(99-80(65-31-20-16-21-32-65)61-74(104(13,14)15)62-81(99)66-33-22-17-23-34-66)94-55-67(77-40-30-41-79-78-39-28-29-42-86(78)105(97(77)79,68-35-24-18-25-36-68)69-37-26-19-27-38-69)56-96-98(94)106(87)88-50-48-76(64-95(88)110-96)108-91-53-45-72(102(7,8)9)59-84(91)85-60-73(103(10,11)12)46-54-92(85)108/h16-64H,1-15H3. The fourth-order valence-electron chi connectivity index (χ4n) is 18.6. The highest BCUT2D eigenvalue weighted by molar-refractivity contribution is 6.99. The normalized spacial score (nSPS) is 13.9. The Morgan fingerprint density at radius 1 is 0.291 bits per heavy atom. The highest BCUT2D eigenvalue weighted by Crippen LogP contribution is 2.60. The molecule has 0 bridgehead atoms. The molecule has 2 aromatic heterocycles. The van der Waals surface area contributed by atoms with Crippen LogP contribution in [-0.2, 0) is 32.5 Å². The first kappa shape index (κ1) is 68.8. The van der Waals surface area contributed by atoms with Crippen LogP contribution in [0.25, 0.3) is 99.5 Å². The molecule has 110 heavy (non-hydrogen) atoms. The van der Waals surface area contributed by atoms with Crippen molar-refractivity contribution in [1.29, 1.82) is 0 Å². The van der Waals surface area contributed by atoms with Gasteiger partial charge in [0, 0.05) is 61.5 Å². The number of fused-ring (bicyclic) bond motifs is 13. The third-order valence-electron chi connectivity index (χ3n) is 24.4. The molecular weight excluding hydrogens is 1330 g/mol. The summed E-state index contributed by atoms with van der Waals surface area (Å²) in [6.45, 7) is 34.7. The van der Waals surface area contributed by atoms with E-state index in [1.54, 1.807) is 0 Å². The number of anilines is 3. The molecule has 0 fully saturated rings. The molecule has 4 heterocycles. The van der Waals surface area contributed by atoms with Gasteiger partial charge in [0.05, 0.1) is 33.2 Å². The zero-order valence-electron chi connectivity index (χ0n) is 66.1. The predicted molar refractivity (Wildman–Crippen MR) is 468 cm³/mol. The summed E-state index contributed by atoms with van der Waals surface area (Å²) in [6.07, 6.45) is 0. The lowest BCUT2D eigenvalue weighted by molar-refractivity contribution is 0.487. The van der Waals surface area contributed by atoms with Crippen LogP contribution in [-0.4, -0.2) is 15.8 Å². The summed E-state index contributed by atoms with van der Waals surface area (Å²) < 4.78 is 13.1.